The van der Waals surface area contributed by atoms with Crippen molar-refractivity contribution in [3.8, 4) is 5.75 Å². The Morgan fingerprint density at radius 2 is 1.90 bits per heavy atom. The Hall–Kier alpha value is -0.250. The molecule has 2 nitrogen and oxygen atoms in total. The van der Waals surface area contributed by atoms with Gasteiger partial charge in [0.15, 0.2) is 0 Å². The number of benzene rings is 1. The Labute approximate surface area is 142 Å². The van der Waals surface area contributed by atoms with Gasteiger partial charge in [0.1, 0.15) is 12.4 Å². The van der Waals surface area contributed by atoms with Crippen molar-refractivity contribution in [1.82, 2.24) is 0 Å². The Bertz CT molecular complexity index is 398. The molecule has 0 bridgehead atoms. The van der Waals surface area contributed by atoms with Crippen molar-refractivity contribution >= 4 is 27.5 Å². The molecule has 0 aliphatic carbocycles. The number of hydrogen-bond acceptors (Lipinski definition) is 2. The highest BCUT2D eigenvalue weighted by Crippen LogP contribution is 2.33. The normalized spacial score (nSPS) is 12.4. The third-order valence-corrected chi connectivity index (χ3v) is 4.51. The van der Waals surface area contributed by atoms with E-state index < -0.39 is 0 Å². The van der Waals surface area contributed by atoms with Gasteiger partial charge in [-0.3, -0.25) is 0 Å². The summed E-state index contributed by atoms with van der Waals surface area (Å²) in [4.78, 5) is 0. The first-order valence-corrected chi connectivity index (χ1v) is 8.97. The van der Waals surface area contributed by atoms with E-state index in [4.69, 9.17) is 21.1 Å². The van der Waals surface area contributed by atoms with E-state index in [9.17, 15) is 0 Å². The van der Waals surface area contributed by atoms with Crippen molar-refractivity contribution in [2.24, 2.45) is 0 Å². The van der Waals surface area contributed by atoms with Crippen LogP contribution < -0.4 is 4.74 Å². The van der Waals surface area contributed by atoms with E-state index in [2.05, 4.69) is 35.0 Å². The predicted octanol–water partition coefficient (Wildman–Crippen LogP) is 6.11. The van der Waals surface area contributed by atoms with Gasteiger partial charge in [-0.2, -0.15) is 0 Å². The molecule has 0 saturated heterocycles. The third-order valence-electron chi connectivity index (χ3n) is 3.42. The minimum absolute atomic E-state index is 0.0796. The third kappa shape index (κ3) is 7.53. The van der Waals surface area contributed by atoms with Crippen molar-refractivity contribution in [3.05, 3.63) is 28.2 Å². The lowest BCUT2D eigenvalue weighted by Gasteiger charge is -2.13. The lowest BCUT2D eigenvalue weighted by atomic mass is 10.0. The molecule has 0 aliphatic rings. The number of ether oxygens (including phenoxy) is 2. The predicted molar refractivity (Wildman–Crippen MR) is 93.5 cm³/mol. The van der Waals surface area contributed by atoms with Gasteiger partial charge in [-0.05, 0) is 40.0 Å². The summed E-state index contributed by atoms with van der Waals surface area (Å²) in [7, 11) is 1.67. The van der Waals surface area contributed by atoms with Gasteiger partial charge in [0.2, 0.25) is 0 Å². The number of rotatable bonds is 11. The van der Waals surface area contributed by atoms with Gasteiger partial charge in [-0.15, -0.1) is 11.6 Å². The van der Waals surface area contributed by atoms with Crippen LogP contribution >= 0.6 is 27.5 Å². The van der Waals surface area contributed by atoms with Crippen molar-refractivity contribution in [2.45, 2.75) is 50.8 Å². The fourth-order valence-electron chi connectivity index (χ4n) is 2.16. The largest absolute Gasteiger partial charge is 0.490 e. The zero-order valence-corrected chi connectivity index (χ0v) is 15.4. The van der Waals surface area contributed by atoms with Crippen LogP contribution in [-0.2, 0) is 4.74 Å². The molecular weight excluding hydrogens is 352 g/mol. The van der Waals surface area contributed by atoms with Gasteiger partial charge >= 0.3 is 0 Å². The molecule has 0 fully saturated rings. The number of alkyl halides is 1. The van der Waals surface area contributed by atoms with Gasteiger partial charge in [0.25, 0.3) is 0 Å². The van der Waals surface area contributed by atoms with E-state index in [1.165, 1.54) is 32.1 Å². The highest BCUT2D eigenvalue weighted by atomic mass is 79.9. The number of halogens is 2. The molecule has 0 spiro atoms. The summed E-state index contributed by atoms with van der Waals surface area (Å²) in [6.07, 6.45) is 7.42. The molecule has 0 amide bonds. The minimum Gasteiger partial charge on any atom is -0.490 e. The summed E-state index contributed by atoms with van der Waals surface area (Å²) in [5, 5.41) is 0.0796. The van der Waals surface area contributed by atoms with Crippen molar-refractivity contribution in [1.29, 1.82) is 0 Å². The van der Waals surface area contributed by atoms with Crippen LogP contribution in [0.5, 0.6) is 5.75 Å². The minimum atomic E-state index is 0.0796. The van der Waals surface area contributed by atoms with Crippen molar-refractivity contribution < 1.29 is 9.47 Å². The SMILES string of the molecule is CCCCCCCC(Cl)c1ccc(OCCOC)c(Br)c1. The maximum absolute atomic E-state index is 6.49. The van der Waals surface area contributed by atoms with Crippen LogP contribution in [-0.4, -0.2) is 20.3 Å². The van der Waals surface area contributed by atoms with Crippen LogP contribution in [0.25, 0.3) is 0 Å². The average Bonchev–Trinajstić information content (AvgIpc) is 2.48. The first kappa shape index (κ1) is 18.8. The Morgan fingerprint density at radius 1 is 1.14 bits per heavy atom. The van der Waals surface area contributed by atoms with Crippen LogP contribution in [0.15, 0.2) is 22.7 Å². The van der Waals surface area contributed by atoms with E-state index in [-0.39, 0.29) is 5.38 Å². The summed E-state index contributed by atoms with van der Waals surface area (Å²) >= 11 is 10.0. The van der Waals surface area contributed by atoms with Gasteiger partial charge < -0.3 is 9.47 Å². The van der Waals surface area contributed by atoms with Gasteiger partial charge in [-0.25, -0.2) is 0 Å². The summed E-state index contributed by atoms with van der Waals surface area (Å²) < 4.78 is 11.6. The smallest absolute Gasteiger partial charge is 0.133 e. The molecule has 0 heterocycles. The molecule has 120 valence electrons. The summed E-state index contributed by atoms with van der Waals surface area (Å²) in [5.41, 5.74) is 1.15. The average molecular weight is 378 g/mol. The van der Waals surface area contributed by atoms with E-state index in [1.54, 1.807) is 7.11 Å². The quantitative estimate of drug-likeness (QED) is 0.342. The fraction of sp³-hybridized carbons (Fsp3) is 0.647. The fourth-order valence-corrected chi connectivity index (χ4v) is 2.96. The molecule has 4 heteroatoms. The lowest BCUT2D eigenvalue weighted by Crippen LogP contribution is -2.04. The molecule has 21 heavy (non-hydrogen) atoms. The molecular formula is C17H26BrClO2. The van der Waals surface area contributed by atoms with Crippen LogP contribution in [0.3, 0.4) is 0 Å². The standard InChI is InChI=1S/C17H26BrClO2/c1-3-4-5-6-7-8-16(19)14-9-10-17(15(18)13-14)21-12-11-20-2/h9-10,13,16H,3-8,11-12H2,1-2H3. The number of hydrogen-bond donors (Lipinski definition) is 0. The second-order valence-corrected chi connectivity index (χ2v) is 6.58. The van der Waals surface area contributed by atoms with Crippen LogP contribution in [0, 0.1) is 0 Å². The van der Waals surface area contributed by atoms with E-state index in [1.807, 2.05) is 6.07 Å². The molecule has 1 atom stereocenters. The summed E-state index contributed by atoms with van der Waals surface area (Å²) in [6.45, 7) is 3.37. The molecule has 0 aliphatic heterocycles. The van der Waals surface area contributed by atoms with Crippen LogP contribution in [0.4, 0.5) is 0 Å². The number of unbranched alkanes of at least 4 members (excludes halogenated alkanes) is 4. The van der Waals surface area contributed by atoms with Crippen LogP contribution in [0.1, 0.15) is 56.4 Å². The second kappa shape index (κ2) is 11.3. The maximum atomic E-state index is 6.49. The molecule has 0 saturated carbocycles. The highest BCUT2D eigenvalue weighted by molar-refractivity contribution is 9.10. The Kier molecular flexibility index (Phi) is 10.1. The van der Waals surface area contributed by atoms with Gasteiger partial charge in [0.05, 0.1) is 16.5 Å². The van der Waals surface area contributed by atoms with Gasteiger partial charge in [0, 0.05) is 7.11 Å². The van der Waals surface area contributed by atoms with Crippen molar-refractivity contribution in [3.63, 3.8) is 0 Å². The summed E-state index contributed by atoms with van der Waals surface area (Å²) in [5.74, 6) is 0.836. The summed E-state index contributed by atoms with van der Waals surface area (Å²) in [6, 6.07) is 6.09. The zero-order valence-electron chi connectivity index (χ0n) is 13.0. The first-order chi connectivity index (χ1) is 10.2. The van der Waals surface area contributed by atoms with Gasteiger partial charge in [-0.1, -0.05) is 45.1 Å². The molecule has 0 radical (unpaired) electrons. The van der Waals surface area contributed by atoms with E-state index >= 15 is 0 Å². The van der Waals surface area contributed by atoms with E-state index in [0.717, 1.165) is 22.2 Å². The molecule has 1 aromatic rings. The number of methoxy groups -OCH3 is 1. The molecule has 1 aromatic carbocycles. The Morgan fingerprint density at radius 3 is 2.57 bits per heavy atom. The maximum Gasteiger partial charge on any atom is 0.133 e. The van der Waals surface area contributed by atoms with Crippen LogP contribution in [0.2, 0.25) is 0 Å². The molecule has 0 N–H and O–H groups in total. The second-order valence-electron chi connectivity index (χ2n) is 5.20. The van der Waals surface area contributed by atoms with E-state index in [0.29, 0.717) is 13.2 Å². The highest BCUT2D eigenvalue weighted by Gasteiger charge is 2.10. The molecule has 1 rings (SSSR count). The van der Waals surface area contributed by atoms with Crippen molar-refractivity contribution in [2.75, 3.05) is 20.3 Å². The zero-order chi connectivity index (χ0) is 15.5. The topological polar surface area (TPSA) is 18.5 Å². The Balaban J connectivity index is 2.42. The first-order valence-electron chi connectivity index (χ1n) is 7.74. The monoisotopic (exact) mass is 376 g/mol. The lowest BCUT2D eigenvalue weighted by molar-refractivity contribution is 0.146. The molecule has 1 unspecified atom stereocenters. The molecule has 0 aromatic heterocycles.